The molecule has 2 amide bonds. The first kappa shape index (κ1) is 26.2. The SMILES string of the molecule is CNC(=O)[C@@H](C)N(Cc1ccc(C)cc1)C(=O)CCCN(c1cccc(OC)c1)S(C)(=O)=O. The lowest BCUT2D eigenvalue weighted by Gasteiger charge is -2.29. The lowest BCUT2D eigenvalue weighted by molar-refractivity contribution is -0.140. The molecule has 0 fully saturated rings. The van der Waals surface area contributed by atoms with Crippen LogP contribution >= 0.6 is 0 Å². The largest absolute Gasteiger partial charge is 0.497 e. The molecule has 0 spiro atoms. The highest BCUT2D eigenvalue weighted by Crippen LogP contribution is 2.24. The molecule has 2 aromatic rings. The van der Waals surface area contributed by atoms with E-state index in [0.29, 0.717) is 24.4 Å². The van der Waals surface area contributed by atoms with Crippen molar-refractivity contribution in [3.05, 3.63) is 59.7 Å². The standard InChI is InChI=1S/C24H33N3O5S/c1-18-11-13-20(14-12-18)17-26(19(2)24(29)25-3)23(28)10-7-15-27(33(5,30)31)21-8-6-9-22(16-21)32-4/h6,8-9,11-14,16,19H,7,10,15,17H2,1-5H3,(H,25,29)/t19-/m1/s1. The highest BCUT2D eigenvalue weighted by atomic mass is 32.2. The predicted octanol–water partition coefficient (Wildman–Crippen LogP) is 2.71. The summed E-state index contributed by atoms with van der Waals surface area (Å²) in [6, 6.07) is 13.9. The van der Waals surface area contributed by atoms with E-state index in [-0.39, 0.29) is 24.8 Å². The van der Waals surface area contributed by atoms with Crippen molar-refractivity contribution in [1.29, 1.82) is 0 Å². The van der Waals surface area contributed by atoms with Gasteiger partial charge >= 0.3 is 0 Å². The quantitative estimate of drug-likeness (QED) is 0.539. The average Bonchev–Trinajstić information content (AvgIpc) is 2.79. The summed E-state index contributed by atoms with van der Waals surface area (Å²) in [4.78, 5) is 26.9. The number of carbonyl (C=O) groups excluding carboxylic acids is 2. The summed E-state index contributed by atoms with van der Waals surface area (Å²) in [6.07, 6.45) is 1.53. The maximum atomic E-state index is 13.1. The minimum absolute atomic E-state index is 0.100. The molecule has 2 aromatic carbocycles. The summed E-state index contributed by atoms with van der Waals surface area (Å²) in [5.41, 5.74) is 2.49. The van der Waals surface area contributed by atoms with Gasteiger partial charge in [-0.25, -0.2) is 8.42 Å². The summed E-state index contributed by atoms with van der Waals surface area (Å²) < 4.78 is 31.2. The molecule has 180 valence electrons. The highest BCUT2D eigenvalue weighted by Gasteiger charge is 2.26. The summed E-state index contributed by atoms with van der Waals surface area (Å²) in [6.45, 7) is 4.09. The van der Waals surface area contributed by atoms with E-state index in [9.17, 15) is 18.0 Å². The van der Waals surface area contributed by atoms with Crippen LogP contribution in [0, 0.1) is 6.92 Å². The van der Waals surface area contributed by atoms with Crippen LogP contribution in [-0.2, 0) is 26.2 Å². The van der Waals surface area contributed by atoms with E-state index in [4.69, 9.17) is 4.74 Å². The smallest absolute Gasteiger partial charge is 0.242 e. The minimum atomic E-state index is -3.56. The van der Waals surface area contributed by atoms with E-state index in [1.165, 1.54) is 23.4 Å². The molecule has 8 nitrogen and oxygen atoms in total. The molecule has 0 aliphatic carbocycles. The van der Waals surface area contributed by atoms with Gasteiger partial charge < -0.3 is 15.0 Å². The van der Waals surface area contributed by atoms with Crippen molar-refractivity contribution < 1.29 is 22.7 Å². The molecular formula is C24H33N3O5S. The number of nitrogens with one attached hydrogen (secondary N) is 1. The van der Waals surface area contributed by atoms with Crippen LogP contribution in [-0.4, -0.2) is 58.1 Å². The fourth-order valence-corrected chi connectivity index (χ4v) is 4.41. The Morgan fingerprint density at radius 2 is 1.79 bits per heavy atom. The van der Waals surface area contributed by atoms with Crippen molar-refractivity contribution in [2.24, 2.45) is 0 Å². The van der Waals surface area contributed by atoms with Crippen LogP contribution in [0.3, 0.4) is 0 Å². The van der Waals surface area contributed by atoms with Gasteiger partial charge in [-0.2, -0.15) is 0 Å². The maximum Gasteiger partial charge on any atom is 0.242 e. The van der Waals surface area contributed by atoms with Crippen LogP contribution in [0.25, 0.3) is 0 Å². The lowest BCUT2D eigenvalue weighted by atomic mass is 10.1. The molecular weight excluding hydrogens is 442 g/mol. The number of methoxy groups -OCH3 is 1. The van der Waals surface area contributed by atoms with E-state index in [1.807, 2.05) is 31.2 Å². The molecule has 2 rings (SSSR count). The van der Waals surface area contributed by atoms with Crippen molar-refractivity contribution in [3.63, 3.8) is 0 Å². The second-order valence-electron chi connectivity index (χ2n) is 7.94. The Morgan fingerprint density at radius 1 is 1.12 bits per heavy atom. The van der Waals surface area contributed by atoms with E-state index in [0.717, 1.165) is 17.4 Å². The van der Waals surface area contributed by atoms with E-state index < -0.39 is 16.1 Å². The molecule has 0 aromatic heterocycles. The number of hydrogen-bond donors (Lipinski definition) is 1. The van der Waals surface area contributed by atoms with Gasteiger partial charge in [-0.15, -0.1) is 0 Å². The minimum Gasteiger partial charge on any atom is -0.497 e. The molecule has 0 bridgehead atoms. The third-order valence-corrected chi connectivity index (χ3v) is 6.57. The zero-order valence-corrected chi connectivity index (χ0v) is 20.7. The topological polar surface area (TPSA) is 96.0 Å². The number of rotatable bonds is 11. The normalized spacial score (nSPS) is 12.0. The number of sulfonamides is 1. The Balaban J connectivity index is 2.14. The van der Waals surface area contributed by atoms with Crippen LogP contribution in [0.5, 0.6) is 5.75 Å². The van der Waals surface area contributed by atoms with E-state index in [2.05, 4.69) is 5.32 Å². The van der Waals surface area contributed by atoms with Crippen molar-refractivity contribution in [2.45, 2.75) is 39.3 Å². The Labute approximate surface area is 196 Å². The molecule has 0 radical (unpaired) electrons. The lowest BCUT2D eigenvalue weighted by Crippen LogP contribution is -2.46. The fraction of sp³-hybridized carbons (Fsp3) is 0.417. The number of likely N-dealkylation sites (N-methyl/N-ethyl adjacent to an activating group) is 1. The van der Waals surface area contributed by atoms with Gasteiger partial charge in [0.1, 0.15) is 11.8 Å². The second-order valence-corrected chi connectivity index (χ2v) is 9.84. The number of amides is 2. The number of aryl methyl sites for hydroxylation is 1. The Morgan fingerprint density at radius 3 is 2.36 bits per heavy atom. The van der Waals surface area contributed by atoms with Crippen LogP contribution in [0.4, 0.5) is 5.69 Å². The average molecular weight is 476 g/mol. The first-order chi connectivity index (χ1) is 15.6. The van der Waals surface area contributed by atoms with Gasteiger partial charge in [0.15, 0.2) is 0 Å². The van der Waals surface area contributed by atoms with Gasteiger partial charge in [0.05, 0.1) is 19.1 Å². The molecule has 0 saturated heterocycles. The molecule has 9 heteroatoms. The van der Waals surface area contributed by atoms with Crippen LogP contribution < -0.4 is 14.4 Å². The van der Waals surface area contributed by atoms with Crippen molar-refractivity contribution >= 4 is 27.5 Å². The summed E-state index contributed by atoms with van der Waals surface area (Å²) in [5.74, 6) is 0.0660. The molecule has 0 aliphatic heterocycles. The monoisotopic (exact) mass is 475 g/mol. The van der Waals surface area contributed by atoms with Gasteiger partial charge in [-0.1, -0.05) is 35.9 Å². The van der Waals surface area contributed by atoms with E-state index >= 15 is 0 Å². The summed E-state index contributed by atoms with van der Waals surface area (Å²) in [5, 5.41) is 2.59. The number of nitrogens with zero attached hydrogens (tertiary/aromatic N) is 2. The highest BCUT2D eigenvalue weighted by molar-refractivity contribution is 7.92. The number of benzene rings is 2. The van der Waals surface area contributed by atoms with Crippen LogP contribution in [0.2, 0.25) is 0 Å². The van der Waals surface area contributed by atoms with Crippen LogP contribution in [0.1, 0.15) is 30.9 Å². The van der Waals surface area contributed by atoms with Gasteiger partial charge in [0, 0.05) is 32.6 Å². The molecule has 0 heterocycles. The third kappa shape index (κ3) is 7.49. The van der Waals surface area contributed by atoms with Gasteiger partial charge in [0.25, 0.3) is 0 Å². The Bertz CT molecular complexity index is 1050. The summed E-state index contributed by atoms with van der Waals surface area (Å²) >= 11 is 0. The zero-order valence-electron chi connectivity index (χ0n) is 19.9. The first-order valence-corrected chi connectivity index (χ1v) is 12.6. The maximum absolute atomic E-state index is 13.1. The molecule has 33 heavy (non-hydrogen) atoms. The Hall–Kier alpha value is -3.07. The molecule has 1 N–H and O–H groups in total. The van der Waals surface area contributed by atoms with Gasteiger partial charge in [-0.3, -0.25) is 13.9 Å². The second kappa shape index (κ2) is 11.7. The number of hydrogen-bond acceptors (Lipinski definition) is 5. The Kier molecular flexibility index (Phi) is 9.28. The van der Waals surface area contributed by atoms with Gasteiger partial charge in [-0.05, 0) is 38.0 Å². The zero-order chi connectivity index (χ0) is 24.6. The molecule has 0 saturated carbocycles. The first-order valence-electron chi connectivity index (χ1n) is 10.7. The van der Waals surface area contributed by atoms with Crippen molar-refractivity contribution in [2.75, 3.05) is 31.3 Å². The predicted molar refractivity (Wildman–Crippen MR) is 130 cm³/mol. The van der Waals surface area contributed by atoms with Gasteiger partial charge in [0.2, 0.25) is 21.8 Å². The molecule has 1 atom stereocenters. The molecule has 0 aliphatic rings. The number of ether oxygens (including phenoxy) is 1. The van der Waals surface area contributed by atoms with Crippen molar-refractivity contribution in [1.82, 2.24) is 10.2 Å². The van der Waals surface area contributed by atoms with Crippen LogP contribution in [0.15, 0.2) is 48.5 Å². The number of carbonyl (C=O) groups is 2. The molecule has 0 unspecified atom stereocenters. The third-order valence-electron chi connectivity index (χ3n) is 5.38. The fourth-order valence-electron chi connectivity index (χ4n) is 3.45. The van der Waals surface area contributed by atoms with Crippen molar-refractivity contribution in [3.8, 4) is 5.75 Å². The number of anilines is 1. The van der Waals surface area contributed by atoms with E-state index in [1.54, 1.807) is 31.2 Å². The summed E-state index contributed by atoms with van der Waals surface area (Å²) in [7, 11) is -0.513.